The maximum atomic E-state index is 14.0. The zero-order chi connectivity index (χ0) is 17.0. The van der Waals surface area contributed by atoms with Crippen molar-refractivity contribution in [3.63, 3.8) is 0 Å². The van der Waals surface area contributed by atoms with E-state index in [1.807, 2.05) is 0 Å². The average Bonchev–Trinajstić information content (AvgIpc) is 2.40. The molecule has 0 atom stereocenters. The fourth-order valence-corrected chi connectivity index (χ4v) is 1.71. The second-order valence-corrected chi connectivity index (χ2v) is 5.87. The van der Waals surface area contributed by atoms with Crippen LogP contribution in [0, 0.1) is 5.82 Å². The quantitative estimate of drug-likeness (QED) is 0.838. The molecule has 1 amide bonds. The lowest BCUT2D eigenvalue weighted by atomic mass is 10.2. The predicted molar refractivity (Wildman–Crippen MR) is 83.4 cm³/mol. The van der Waals surface area contributed by atoms with Crippen molar-refractivity contribution in [1.29, 1.82) is 0 Å². The van der Waals surface area contributed by atoms with E-state index in [1.165, 1.54) is 24.4 Å². The van der Waals surface area contributed by atoms with Crippen molar-refractivity contribution in [2.24, 2.45) is 0 Å². The standard InChI is InChI=1S/C15H15ClFN3O3/c1-15(2,3)23-14(21)19-11-5-4-9(8-10(11)17)22-12-6-7-18-13(16)20-12/h4-8H,1-3H3,(H,19,21). The van der Waals surface area contributed by atoms with Gasteiger partial charge in [-0.15, -0.1) is 0 Å². The van der Waals surface area contributed by atoms with Gasteiger partial charge in [-0.3, -0.25) is 5.32 Å². The summed E-state index contributed by atoms with van der Waals surface area (Å²) >= 11 is 5.64. The van der Waals surface area contributed by atoms with Crippen LogP contribution in [0.3, 0.4) is 0 Å². The van der Waals surface area contributed by atoms with Crippen molar-refractivity contribution < 1.29 is 18.7 Å². The van der Waals surface area contributed by atoms with Gasteiger partial charge in [0, 0.05) is 18.3 Å². The van der Waals surface area contributed by atoms with E-state index in [0.29, 0.717) is 0 Å². The molecule has 23 heavy (non-hydrogen) atoms. The predicted octanol–water partition coefficient (Wildman–Crippen LogP) is 4.41. The van der Waals surface area contributed by atoms with Gasteiger partial charge in [0.1, 0.15) is 11.4 Å². The van der Waals surface area contributed by atoms with Gasteiger partial charge >= 0.3 is 6.09 Å². The minimum Gasteiger partial charge on any atom is -0.444 e. The first-order valence-corrected chi connectivity index (χ1v) is 7.07. The first kappa shape index (κ1) is 17.0. The van der Waals surface area contributed by atoms with E-state index >= 15 is 0 Å². The maximum Gasteiger partial charge on any atom is 0.412 e. The molecule has 0 saturated heterocycles. The lowest BCUT2D eigenvalue weighted by Crippen LogP contribution is -2.27. The Kier molecular flexibility index (Phi) is 5.00. The highest BCUT2D eigenvalue weighted by Crippen LogP contribution is 2.25. The molecule has 0 aliphatic carbocycles. The second kappa shape index (κ2) is 6.78. The molecule has 0 bridgehead atoms. The zero-order valence-corrected chi connectivity index (χ0v) is 13.5. The number of carbonyl (C=O) groups excluding carboxylic acids is 1. The van der Waals surface area contributed by atoms with Gasteiger partial charge in [0.25, 0.3) is 0 Å². The number of amides is 1. The van der Waals surface area contributed by atoms with Crippen LogP contribution in [0.4, 0.5) is 14.9 Å². The van der Waals surface area contributed by atoms with E-state index in [0.717, 1.165) is 6.07 Å². The molecule has 1 aromatic heterocycles. The number of hydrogen-bond donors (Lipinski definition) is 1. The molecular weight excluding hydrogens is 325 g/mol. The maximum absolute atomic E-state index is 14.0. The van der Waals surface area contributed by atoms with E-state index in [2.05, 4.69) is 15.3 Å². The highest BCUT2D eigenvalue weighted by Gasteiger charge is 2.17. The van der Waals surface area contributed by atoms with Crippen molar-refractivity contribution in [2.45, 2.75) is 26.4 Å². The second-order valence-electron chi connectivity index (χ2n) is 5.53. The largest absolute Gasteiger partial charge is 0.444 e. The summed E-state index contributed by atoms with van der Waals surface area (Å²) in [5.41, 5.74) is -0.692. The van der Waals surface area contributed by atoms with E-state index < -0.39 is 17.5 Å². The van der Waals surface area contributed by atoms with E-state index in [4.69, 9.17) is 21.1 Å². The van der Waals surface area contributed by atoms with Gasteiger partial charge in [0.15, 0.2) is 5.82 Å². The summed E-state index contributed by atoms with van der Waals surface area (Å²) in [5, 5.41) is 2.35. The van der Waals surface area contributed by atoms with Crippen LogP contribution in [0.15, 0.2) is 30.5 Å². The number of nitrogens with one attached hydrogen (secondary N) is 1. The molecule has 0 aliphatic rings. The molecule has 8 heteroatoms. The minimum absolute atomic E-state index is 0.0196. The van der Waals surface area contributed by atoms with Crippen LogP contribution in [0.1, 0.15) is 20.8 Å². The number of nitrogens with zero attached hydrogens (tertiary/aromatic N) is 2. The molecule has 0 aliphatic heterocycles. The lowest BCUT2D eigenvalue weighted by molar-refractivity contribution is 0.0635. The normalized spacial score (nSPS) is 11.0. The van der Waals surface area contributed by atoms with Crippen LogP contribution in [0.25, 0.3) is 0 Å². The van der Waals surface area contributed by atoms with Crippen molar-refractivity contribution >= 4 is 23.4 Å². The molecule has 1 aromatic carbocycles. The van der Waals surface area contributed by atoms with Crippen LogP contribution in [-0.4, -0.2) is 21.7 Å². The van der Waals surface area contributed by atoms with Gasteiger partial charge in [0.2, 0.25) is 11.2 Å². The third kappa shape index (κ3) is 5.37. The van der Waals surface area contributed by atoms with Gasteiger partial charge in [0.05, 0.1) is 5.69 Å². The van der Waals surface area contributed by atoms with Gasteiger partial charge in [-0.25, -0.2) is 14.2 Å². The van der Waals surface area contributed by atoms with Crippen molar-refractivity contribution in [3.05, 3.63) is 41.6 Å². The topological polar surface area (TPSA) is 73.3 Å². The fourth-order valence-electron chi connectivity index (χ4n) is 1.57. The first-order chi connectivity index (χ1) is 10.7. The van der Waals surface area contributed by atoms with E-state index in [1.54, 1.807) is 20.8 Å². The van der Waals surface area contributed by atoms with Crippen LogP contribution in [-0.2, 0) is 4.74 Å². The highest BCUT2D eigenvalue weighted by atomic mass is 35.5. The van der Waals surface area contributed by atoms with E-state index in [9.17, 15) is 9.18 Å². The Morgan fingerprint density at radius 3 is 2.65 bits per heavy atom. The van der Waals surface area contributed by atoms with Gasteiger partial charge in [-0.2, -0.15) is 4.98 Å². The average molecular weight is 340 g/mol. The lowest BCUT2D eigenvalue weighted by Gasteiger charge is -2.19. The smallest absolute Gasteiger partial charge is 0.412 e. The Morgan fingerprint density at radius 1 is 1.30 bits per heavy atom. The third-order valence-electron chi connectivity index (χ3n) is 2.40. The molecule has 0 unspecified atom stereocenters. The summed E-state index contributed by atoms with van der Waals surface area (Å²) in [6, 6.07) is 5.43. The van der Waals surface area contributed by atoms with Gasteiger partial charge in [-0.05, 0) is 44.5 Å². The fraction of sp³-hybridized carbons (Fsp3) is 0.267. The number of carbonyl (C=O) groups is 1. The number of ether oxygens (including phenoxy) is 2. The van der Waals surface area contributed by atoms with E-state index in [-0.39, 0.29) is 22.6 Å². The summed E-state index contributed by atoms with van der Waals surface area (Å²) in [6.45, 7) is 5.15. The number of halogens is 2. The van der Waals surface area contributed by atoms with Crippen molar-refractivity contribution in [2.75, 3.05) is 5.32 Å². The molecule has 2 rings (SSSR count). The summed E-state index contributed by atoms with van der Waals surface area (Å²) in [4.78, 5) is 19.2. The van der Waals surface area contributed by atoms with Crippen LogP contribution < -0.4 is 10.1 Å². The third-order valence-corrected chi connectivity index (χ3v) is 2.58. The molecule has 122 valence electrons. The molecular formula is C15H15ClFN3O3. The molecule has 6 nitrogen and oxygen atoms in total. The molecule has 0 saturated carbocycles. The molecule has 0 fully saturated rings. The highest BCUT2D eigenvalue weighted by molar-refractivity contribution is 6.28. The van der Waals surface area contributed by atoms with Crippen molar-refractivity contribution in [3.8, 4) is 11.6 Å². The number of benzene rings is 1. The number of rotatable bonds is 3. The summed E-state index contributed by atoms with van der Waals surface area (Å²) < 4.78 is 24.4. The minimum atomic E-state index is -0.743. The number of aromatic nitrogens is 2. The zero-order valence-electron chi connectivity index (χ0n) is 12.8. The van der Waals surface area contributed by atoms with Crippen molar-refractivity contribution in [1.82, 2.24) is 9.97 Å². The van der Waals surface area contributed by atoms with Crippen LogP contribution >= 0.6 is 11.6 Å². The monoisotopic (exact) mass is 339 g/mol. The number of anilines is 1. The molecule has 1 N–H and O–H groups in total. The molecule has 0 radical (unpaired) electrons. The van der Waals surface area contributed by atoms with Gasteiger partial charge in [-0.1, -0.05) is 0 Å². The summed E-state index contributed by atoms with van der Waals surface area (Å²) in [7, 11) is 0. The Balaban J connectivity index is 2.07. The number of hydrogen-bond acceptors (Lipinski definition) is 5. The summed E-state index contributed by atoms with van der Waals surface area (Å²) in [5.74, 6) is -0.294. The van der Waals surface area contributed by atoms with Gasteiger partial charge < -0.3 is 9.47 Å². The molecule has 2 aromatic rings. The Bertz CT molecular complexity index is 719. The molecule has 1 heterocycles. The summed E-state index contributed by atoms with van der Waals surface area (Å²) in [6.07, 6.45) is 0.673. The Labute approximate surface area is 137 Å². The first-order valence-electron chi connectivity index (χ1n) is 6.69. The van der Waals surface area contributed by atoms with Crippen LogP contribution in [0.2, 0.25) is 5.28 Å². The Morgan fingerprint density at radius 2 is 2.04 bits per heavy atom. The Hall–Kier alpha value is -2.41. The van der Waals surface area contributed by atoms with Crippen LogP contribution in [0.5, 0.6) is 11.6 Å². The molecule has 0 spiro atoms. The SMILES string of the molecule is CC(C)(C)OC(=O)Nc1ccc(Oc2ccnc(Cl)n2)cc1F.